The summed E-state index contributed by atoms with van der Waals surface area (Å²) < 4.78 is 93.4. The van der Waals surface area contributed by atoms with E-state index in [0.717, 1.165) is 9.13 Å². The molecule has 6 rings (SSSR count). The van der Waals surface area contributed by atoms with E-state index in [1.54, 1.807) is 0 Å². The first-order chi connectivity index (χ1) is 30.0. The number of ether oxygens (including phenoxy) is 2. The third kappa shape index (κ3) is 11.8. The number of aryl methyl sites for hydroxylation is 2. The molecule has 0 aliphatic carbocycles. The van der Waals surface area contributed by atoms with Crippen LogP contribution in [0, 0.1) is 5.41 Å². The Kier molecular flexibility index (Phi) is 14.8. The number of phosphoric acid groups is 4. The zero-order valence-corrected chi connectivity index (χ0v) is 36.8. The van der Waals surface area contributed by atoms with Crippen LogP contribution in [-0.4, -0.2) is 145 Å². The van der Waals surface area contributed by atoms with Crippen molar-refractivity contribution in [3.05, 3.63) is 33.4 Å². The molecule has 0 bridgehead atoms. The van der Waals surface area contributed by atoms with Gasteiger partial charge in [-0.1, -0.05) is 9.97 Å². The highest BCUT2D eigenvalue weighted by Gasteiger charge is 2.49. The fourth-order valence-corrected chi connectivity index (χ4v) is 9.19. The molecule has 0 amide bonds. The van der Waals surface area contributed by atoms with E-state index in [-0.39, 0.29) is 34.2 Å². The molecule has 2 saturated heterocycles. The number of nitrogens with one attached hydrogen (secondary N) is 2. The molecular weight excluding hydrogens is 972 g/mol. The molecule has 0 saturated carbocycles. The first kappa shape index (κ1) is 50.9. The van der Waals surface area contributed by atoms with Gasteiger partial charge in [-0.25, -0.2) is 18.3 Å². The standard InChI is InChI=1S/C27H42N10O24P4/c1-34-9-36(19-13(34)21(42)32-25(28)30-19)23-17(40)15(38)11(60-23)3-54-64(50,51)58-7-27(5-56-62(44,45)46,6-57-63(47,48)49)8-59-65(52,53)55-4-12-16(39)18(41)24(61-12)37-10-35(2)14-20(37)31-26(29)33-22(14)43/h9-12,15-18,23-24,38-41H,3-8H2,1-2H3,(H10-2,28,29,30,31,32,33,42,43,44,45,46,47,48,49,50,51,52,53)/t11-,12?,15-,16-,17-,18-,23-,24-/m1/s1. The summed E-state index contributed by atoms with van der Waals surface area (Å²) in [6, 6.07) is 0. The van der Waals surface area contributed by atoms with E-state index >= 15 is 0 Å². The minimum atomic E-state index is -5.75. The van der Waals surface area contributed by atoms with Crippen LogP contribution in [-0.2, 0) is 69.0 Å². The molecule has 34 nitrogen and oxygen atoms in total. The van der Waals surface area contributed by atoms with E-state index in [1.807, 2.05) is 0 Å². The third-order valence-electron chi connectivity index (χ3n) is 9.73. The van der Waals surface area contributed by atoms with Gasteiger partial charge >= 0.3 is 26.9 Å². The number of nitrogen functional groups attached to an aromatic ring is 2. The van der Waals surface area contributed by atoms with Gasteiger partial charge in [0.15, 0.2) is 12.7 Å². The molecule has 364 valence electrons. The topological polar surface area (TPSA) is 511 Å². The Labute approximate surface area is 361 Å². The van der Waals surface area contributed by atoms with Gasteiger partial charge in [-0.15, -0.1) is 0 Å². The molecule has 65 heavy (non-hydrogen) atoms. The van der Waals surface area contributed by atoms with Crippen molar-refractivity contribution >= 4 is 65.5 Å². The maximum Gasteiger partial charge on any atom is 0.469 e. The number of aromatic amines is 2. The van der Waals surface area contributed by atoms with Crippen molar-refractivity contribution in [2.75, 3.05) is 51.1 Å². The van der Waals surface area contributed by atoms with Crippen LogP contribution >= 0.6 is 31.3 Å². The largest absolute Gasteiger partial charge is 0.756 e. The molecule has 4 aromatic heterocycles. The fraction of sp³-hybridized carbons (Fsp3) is 0.630. The number of hydrogen-bond donors (Lipinski definition) is 12. The molecule has 0 aromatic carbocycles. The lowest BCUT2D eigenvalue weighted by atomic mass is 9.93. The van der Waals surface area contributed by atoms with E-state index < -0.39 is 137 Å². The summed E-state index contributed by atoms with van der Waals surface area (Å²) in [5.74, 6) is -0.638. The summed E-state index contributed by atoms with van der Waals surface area (Å²) in [6.07, 6.45) is -11.2. The number of phosphoric ester groups is 4. The van der Waals surface area contributed by atoms with Gasteiger partial charge in [0.25, 0.3) is 38.7 Å². The third-order valence-corrected chi connectivity index (χ3v) is 12.5. The van der Waals surface area contributed by atoms with Crippen molar-refractivity contribution in [3.63, 3.8) is 0 Å². The fourth-order valence-electron chi connectivity index (χ4n) is 6.63. The number of anilines is 2. The smallest absolute Gasteiger partial charge is 0.469 e. The van der Waals surface area contributed by atoms with Crippen molar-refractivity contribution < 1.29 is 114 Å². The van der Waals surface area contributed by atoms with Crippen LogP contribution in [0.5, 0.6) is 0 Å². The summed E-state index contributed by atoms with van der Waals surface area (Å²) in [4.78, 5) is 101. The van der Waals surface area contributed by atoms with Crippen LogP contribution in [0.4, 0.5) is 11.9 Å². The highest BCUT2D eigenvalue weighted by atomic mass is 31.2. The van der Waals surface area contributed by atoms with Gasteiger partial charge in [-0.3, -0.25) is 46.9 Å². The summed E-state index contributed by atoms with van der Waals surface area (Å²) in [5.41, 5.74) is 6.94. The quantitative estimate of drug-likeness (QED) is 0.0289. The Morgan fingerprint density at radius 1 is 0.662 bits per heavy atom. The maximum atomic E-state index is 13.0. The van der Waals surface area contributed by atoms with E-state index in [0.29, 0.717) is 0 Å². The summed E-state index contributed by atoms with van der Waals surface area (Å²) in [6.45, 7) is -8.34. The van der Waals surface area contributed by atoms with E-state index in [4.69, 9.17) is 39.0 Å². The summed E-state index contributed by atoms with van der Waals surface area (Å²) in [7, 11) is -19.8. The zero-order chi connectivity index (χ0) is 48.2. The predicted molar refractivity (Wildman–Crippen MR) is 201 cm³/mol. The molecule has 0 radical (unpaired) electrons. The average Bonchev–Trinajstić information content (AvgIpc) is 3.88. The van der Waals surface area contributed by atoms with Crippen LogP contribution in [0.2, 0.25) is 0 Å². The number of nitrogens with zero attached hydrogens (tertiary/aromatic N) is 6. The van der Waals surface area contributed by atoms with Crippen LogP contribution in [0.25, 0.3) is 22.3 Å². The molecule has 6 heterocycles. The number of aromatic nitrogens is 8. The van der Waals surface area contributed by atoms with Crippen LogP contribution in [0.3, 0.4) is 0 Å². The van der Waals surface area contributed by atoms with Crippen molar-refractivity contribution in [2.45, 2.75) is 49.1 Å². The number of aliphatic hydroxyl groups excluding tert-OH is 4. The van der Waals surface area contributed by atoms with Crippen molar-refractivity contribution in [1.29, 1.82) is 0 Å². The molecule has 10 atom stereocenters. The Morgan fingerprint density at radius 2 is 1.00 bits per heavy atom. The lowest BCUT2D eigenvalue weighted by Gasteiger charge is -2.36. The Hall–Kier alpha value is -3.50. The predicted octanol–water partition coefficient (Wildman–Crippen LogP) is -7.28. The molecule has 2 aliphatic rings. The van der Waals surface area contributed by atoms with E-state index in [2.05, 4.69) is 29.0 Å². The number of H-pyrrole nitrogens is 2. The second kappa shape index (κ2) is 18.9. The molecule has 3 unspecified atom stereocenters. The molecule has 4 aromatic rings. The van der Waals surface area contributed by atoms with Crippen molar-refractivity contribution in [3.8, 4) is 0 Å². The second-order valence-corrected chi connectivity index (χ2v) is 20.0. The van der Waals surface area contributed by atoms with Gasteiger partial charge in [-0.2, -0.15) is 0 Å². The number of nitrogens with two attached hydrogens (primary N) is 2. The lowest BCUT2D eigenvalue weighted by molar-refractivity contribution is -0.746. The second-order valence-electron chi connectivity index (χ2n) is 14.7. The minimum absolute atomic E-state index is 0.0314. The van der Waals surface area contributed by atoms with Gasteiger partial charge in [0.2, 0.25) is 23.5 Å². The number of imidazole rings is 2. The zero-order valence-electron chi connectivity index (χ0n) is 33.3. The Bertz CT molecular complexity index is 2540. The van der Waals surface area contributed by atoms with Gasteiger partial charge in [0.05, 0.1) is 59.2 Å². The number of aliphatic hydroxyl groups is 4. The number of hydrogen-bond acceptors (Lipinski definition) is 24. The minimum Gasteiger partial charge on any atom is -0.756 e. The van der Waals surface area contributed by atoms with Gasteiger partial charge < -0.3 is 88.8 Å². The Balaban J connectivity index is 1.14. The highest BCUT2D eigenvalue weighted by molar-refractivity contribution is 7.46. The van der Waals surface area contributed by atoms with E-state index in [9.17, 15) is 77.6 Å². The molecule has 2 aliphatic heterocycles. The van der Waals surface area contributed by atoms with Crippen LogP contribution in [0.1, 0.15) is 12.5 Å². The van der Waals surface area contributed by atoms with E-state index in [1.165, 1.54) is 35.9 Å². The van der Waals surface area contributed by atoms with Crippen molar-refractivity contribution in [1.82, 2.24) is 29.1 Å². The Morgan fingerprint density at radius 3 is 1.34 bits per heavy atom. The maximum absolute atomic E-state index is 13.0. The van der Waals surface area contributed by atoms with Crippen LogP contribution in [0.15, 0.2) is 22.2 Å². The molecule has 0 spiro atoms. The van der Waals surface area contributed by atoms with Gasteiger partial charge in [0.1, 0.15) is 36.6 Å². The van der Waals surface area contributed by atoms with Crippen molar-refractivity contribution in [2.24, 2.45) is 19.5 Å². The lowest BCUT2D eigenvalue weighted by Crippen LogP contribution is -2.46. The average molecular weight is 1010 g/mol. The SMILES string of the molecule is Cn1c[n+]([C@@H]2O[C@H](COP(=O)([O-])OCC(COP(=O)(O)O)(COP(=O)(O)O)COP(=O)([O-])OCC3O[C@@H]([n+]4cn(C)c5c(=O)[nH]c(N)nc54)[C@H](O)[C@@H]3O)[C@@H](O)[C@H]2O)c2nc(N)[nH]c(=O)c21. The first-order valence-corrected chi connectivity index (χ1v) is 24.1. The summed E-state index contributed by atoms with van der Waals surface area (Å²) in [5, 5.41) is 42.9. The summed E-state index contributed by atoms with van der Waals surface area (Å²) >= 11 is 0. The number of fused-ring (bicyclic) bond motifs is 2. The van der Waals surface area contributed by atoms with Gasteiger partial charge in [-0.05, 0) is 0 Å². The molecule has 14 N–H and O–H groups in total. The van der Waals surface area contributed by atoms with Gasteiger partial charge in [0, 0.05) is 0 Å². The molecule has 38 heteroatoms. The normalized spacial score (nSPS) is 26.3. The molecule has 2 fully saturated rings. The van der Waals surface area contributed by atoms with Crippen LogP contribution < -0.4 is 41.5 Å². The number of rotatable bonds is 20. The highest BCUT2D eigenvalue weighted by Crippen LogP contribution is 2.48. The first-order valence-electron chi connectivity index (χ1n) is 18.1. The monoisotopic (exact) mass is 1010 g/mol. The molecular formula is C27H42N10O24P4.